The Bertz CT molecular complexity index is 1220. The smallest absolute Gasteiger partial charge is 0.208 e. The van der Waals surface area contributed by atoms with Crippen LogP contribution in [-0.2, 0) is 11.4 Å². The molecule has 0 fully saturated rings. The second-order valence-electron chi connectivity index (χ2n) is 8.89. The van der Waals surface area contributed by atoms with Crippen LogP contribution in [-0.4, -0.2) is 35.1 Å². The minimum Gasteiger partial charge on any atom is -0.330 e. The molecule has 34 heavy (non-hydrogen) atoms. The summed E-state index contributed by atoms with van der Waals surface area (Å²) >= 11 is 3.09. The van der Waals surface area contributed by atoms with Crippen molar-refractivity contribution in [1.29, 1.82) is 0 Å². The maximum Gasteiger partial charge on any atom is 0.208 e. The van der Waals surface area contributed by atoms with Gasteiger partial charge in [0.05, 0.1) is 5.69 Å². The van der Waals surface area contributed by atoms with Crippen LogP contribution in [0.4, 0.5) is 13.9 Å². The summed E-state index contributed by atoms with van der Waals surface area (Å²) in [6.45, 7) is 4.49. The fourth-order valence-corrected chi connectivity index (χ4v) is 7.32. The van der Waals surface area contributed by atoms with Crippen molar-refractivity contribution in [2.45, 2.75) is 37.1 Å². The lowest BCUT2D eigenvalue weighted by atomic mass is 10.0. The molecule has 2 unspecified atom stereocenters. The first kappa shape index (κ1) is 23.4. The van der Waals surface area contributed by atoms with Crippen LogP contribution in [0.15, 0.2) is 53.6 Å². The van der Waals surface area contributed by atoms with Gasteiger partial charge in [0.15, 0.2) is 0 Å². The molecule has 2 aliphatic heterocycles. The van der Waals surface area contributed by atoms with Gasteiger partial charge in [-0.3, -0.25) is 4.90 Å². The van der Waals surface area contributed by atoms with Gasteiger partial charge in [-0.1, -0.05) is 60.4 Å². The summed E-state index contributed by atoms with van der Waals surface area (Å²) < 4.78 is 28.9. The Hall–Kier alpha value is -2.33. The quantitative estimate of drug-likeness (QED) is 0.487. The molecule has 2 aromatic carbocycles. The van der Waals surface area contributed by atoms with Crippen molar-refractivity contribution in [2.24, 2.45) is 10.8 Å². The zero-order chi connectivity index (χ0) is 23.9. The maximum atomic E-state index is 14.8. The number of thiazole rings is 1. The average molecular weight is 500 g/mol. The molecule has 178 valence electrons. The number of rotatable bonds is 6. The minimum atomic E-state index is -0.662. The third-order valence-corrected chi connectivity index (χ3v) is 9.00. The average Bonchev–Trinajstić information content (AvgIpc) is 3.42. The van der Waals surface area contributed by atoms with E-state index in [2.05, 4.69) is 31.0 Å². The van der Waals surface area contributed by atoms with Crippen LogP contribution in [0.1, 0.15) is 47.4 Å². The molecule has 0 spiro atoms. The zero-order valence-electron chi connectivity index (χ0n) is 19.2. The number of hydrogen-bond donors (Lipinski definition) is 1. The molecule has 2 N–H and O–H groups in total. The molecule has 0 saturated carbocycles. The molecule has 0 aliphatic carbocycles. The number of hydrogen-bond acceptors (Lipinski definition) is 7. The van der Waals surface area contributed by atoms with Crippen molar-refractivity contribution in [2.75, 3.05) is 25.1 Å². The summed E-state index contributed by atoms with van der Waals surface area (Å²) in [4.78, 5) is 7.88. The lowest BCUT2D eigenvalue weighted by Gasteiger charge is -2.35. The van der Waals surface area contributed by atoms with E-state index in [1.165, 1.54) is 22.7 Å². The minimum absolute atomic E-state index is 0.162. The van der Waals surface area contributed by atoms with Gasteiger partial charge in [-0.2, -0.15) is 5.10 Å². The van der Waals surface area contributed by atoms with Gasteiger partial charge in [-0.15, -0.1) is 0 Å². The van der Waals surface area contributed by atoms with Crippen LogP contribution >= 0.6 is 23.1 Å². The highest BCUT2D eigenvalue weighted by atomic mass is 32.2. The molecule has 0 bridgehead atoms. The first-order chi connectivity index (χ1) is 16.4. The molecule has 2 atom stereocenters. The number of likely N-dealkylation sites (N-methyl/N-ethyl adjacent to an activating group) is 1. The predicted octanol–water partition coefficient (Wildman–Crippen LogP) is 5.48. The van der Waals surface area contributed by atoms with E-state index in [0.29, 0.717) is 23.9 Å². The van der Waals surface area contributed by atoms with Gasteiger partial charge in [-0.25, -0.2) is 18.8 Å². The van der Waals surface area contributed by atoms with Crippen LogP contribution in [0, 0.1) is 11.6 Å². The second-order valence-corrected chi connectivity index (χ2v) is 11.2. The molecule has 5 rings (SSSR count). The van der Waals surface area contributed by atoms with E-state index in [0.717, 1.165) is 48.0 Å². The molecule has 0 saturated heterocycles. The topological polar surface area (TPSA) is 57.8 Å². The van der Waals surface area contributed by atoms with Gasteiger partial charge < -0.3 is 5.73 Å². The number of halogens is 2. The van der Waals surface area contributed by atoms with Gasteiger partial charge in [-0.05, 0) is 50.2 Å². The molecule has 3 aromatic rings. The SMILES string of the molecule is CC1CN(C)Cc2nc(N3N=C(c4cc(F)ccc4F)SC3(CCCN)c3ccccc3)sc21. The molecule has 0 radical (unpaired) electrons. The van der Waals surface area contributed by atoms with Crippen molar-refractivity contribution in [3.8, 4) is 0 Å². The summed E-state index contributed by atoms with van der Waals surface area (Å²) in [7, 11) is 2.10. The van der Waals surface area contributed by atoms with Gasteiger partial charge in [0, 0.05) is 29.4 Å². The maximum absolute atomic E-state index is 14.8. The van der Waals surface area contributed by atoms with E-state index < -0.39 is 16.5 Å². The summed E-state index contributed by atoms with van der Waals surface area (Å²) in [5, 5.41) is 8.04. The number of nitrogens with two attached hydrogens (primary N) is 1. The third kappa shape index (κ3) is 4.15. The van der Waals surface area contributed by atoms with E-state index in [-0.39, 0.29) is 5.56 Å². The molecule has 3 heterocycles. The van der Waals surface area contributed by atoms with Crippen LogP contribution in [0.5, 0.6) is 0 Å². The van der Waals surface area contributed by atoms with Gasteiger partial charge in [0.2, 0.25) is 5.13 Å². The first-order valence-corrected chi connectivity index (χ1v) is 13.0. The number of fused-ring (bicyclic) bond motifs is 1. The second kappa shape index (κ2) is 9.37. The van der Waals surface area contributed by atoms with Crippen molar-refractivity contribution < 1.29 is 8.78 Å². The van der Waals surface area contributed by atoms with Crippen LogP contribution < -0.4 is 10.7 Å². The normalized spacial score (nSPS) is 22.7. The Morgan fingerprint density at radius 2 is 1.97 bits per heavy atom. The Labute approximate surface area is 206 Å². The van der Waals surface area contributed by atoms with E-state index in [4.69, 9.17) is 15.8 Å². The number of benzene rings is 2. The molecule has 1 aromatic heterocycles. The van der Waals surface area contributed by atoms with Crippen LogP contribution in [0.3, 0.4) is 0 Å². The standard InChI is InChI=1S/C25H27F2N5S2/c1-16-14-31(2)15-21-22(16)33-24(29-21)32-25(11-6-12-28,17-7-4-3-5-8-17)34-23(30-32)19-13-18(26)9-10-20(19)27/h3-5,7-10,13,16H,6,11-12,14-15,28H2,1-2H3. The number of nitrogens with zero attached hydrogens (tertiary/aromatic N) is 4. The summed E-state index contributed by atoms with van der Waals surface area (Å²) in [5.41, 5.74) is 8.19. The highest BCUT2D eigenvalue weighted by Gasteiger charge is 2.48. The van der Waals surface area contributed by atoms with E-state index >= 15 is 0 Å². The summed E-state index contributed by atoms with van der Waals surface area (Å²) in [6.07, 6.45) is 1.43. The highest BCUT2D eigenvalue weighted by Crippen LogP contribution is 2.53. The Morgan fingerprint density at radius 3 is 2.74 bits per heavy atom. The molecule has 9 heteroatoms. The fourth-order valence-electron chi connectivity index (χ4n) is 4.70. The van der Waals surface area contributed by atoms with Gasteiger partial charge in [0.25, 0.3) is 0 Å². The zero-order valence-corrected chi connectivity index (χ0v) is 20.8. The van der Waals surface area contributed by atoms with E-state index in [1.54, 1.807) is 11.3 Å². The largest absolute Gasteiger partial charge is 0.330 e. The fraction of sp³-hybridized carbons (Fsp3) is 0.360. The molecule has 0 amide bonds. The molecule has 5 nitrogen and oxygen atoms in total. The third-order valence-electron chi connectivity index (χ3n) is 6.25. The van der Waals surface area contributed by atoms with Crippen LogP contribution in [0.25, 0.3) is 0 Å². The van der Waals surface area contributed by atoms with Gasteiger partial charge in [0.1, 0.15) is 21.5 Å². The summed E-state index contributed by atoms with van der Waals surface area (Å²) in [6, 6.07) is 13.6. The number of aromatic nitrogens is 1. The predicted molar refractivity (Wildman–Crippen MR) is 136 cm³/mol. The Kier molecular flexibility index (Phi) is 6.45. The van der Waals surface area contributed by atoms with Crippen LogP contribution in [0.2, 0.25) is 0 Å². The molecular formula is C25H27F2N5S2. The van der Waals surface area contributed by atoms with Gasteiger partial charge >= 0.3 is 0 Å². The monoisotopic (exact) mass is 499 g/mol. The van der Waals surface area contributed by atoms with Crippen molar-refractivity contribution in [3.05, 3.63) is 81.9 Å². The van der Waals surface area contributed by atoms with Crippen molar-refractivity contribution in [3.63, 3.8) is 0 Å². The molecular weight excluding hydrogens is 472 g/mol. The summed E-state index contributed by atoms with van der Waals surface area (Å²) in [5.74, 6) is -0.620. The lowest BCUT2D eigenvalue weighted by Crippen LogP contribution is -2.38. The van der Waals surface area contributed by atoms with E-state index in [9.17, 15) is 8.78 Å². The lowest BCUT2D eigenvalue weighted by molar-refractivity contribution is 0.287. The van der Waals surface area contributed by atoms with E-state index in [1.807, 2.05) is 23.2 Å². The number of anilines is 1. The number of thioether (sulfide) groups is 1. The highest BCUT2D eigenvalue weighted by molar-refractivity contribution is 8.15. The number of hydrazone groups is 1. The van der Waals surface area contributed by atoms with Crippen molar-refractivity contribution in [1.82, 2.24) is 9.88 Å². The van der Waals surface area contributed by atoms with Crippen molar-refractivity contribution >= 4 is 33.3 Å². The molecule has 2 aliphatic rings. The Balaban J connectivity index is 1.67. The Morgan fingerprint density at radius 1 is 1.18 bits per heavy atom. The first-order valence-electron chi connectivity index (χ1n) is 11.4.